The van der Waals surface area contributed by atoms with E-state index >= 15 is 0 Å². The molecule has 0 unspecified atom stereocenters. The molecule has 0 aliphatic carbocycles. The summed E-state index contributed by atoms with van der Waals surface area (Å²) in [6.45, 7) is 8.51. The van der Waals surface area contributed by atoms with E-state index in [-0.39, 0.29) is 18.3 Å². The largest absolute Gasteiger partial charge is 0.337 e. The molecule has 0 fully saturated rings. The Hall–Kier alpha value is -0.650. The predicted octanol–water partition coefficient (Wildman–Crippen LogP) is 2.96. The van der Waals surface area contributed by atoms with E-state index in [0.717, 1.165) is 37.4 Å². The Kier molecular flexibility index (Phi) is 9.80. The Bertz CT molecular complexity index is 394. The summed E-state index contributed by atoms with van der Waals surface area (Å²) in [7, 11) is 0. The lowest BCUT2D eigenvalue weighted by Crippen LogP contribution is -2.35. The van der Waals surface area contributed by atoms with E-state index in [0.29, 0.717) is 18.2 Å². The number of halogens is 1. The molecule has 0 aliphatic heterocycles. The van der Waals surface area contributed by atoms with Gasteiger partial charge in [-0.15, -0.1) is 23.7 Å². The summed E-state index contributed by atoms with van der Waals surface area (Å²) < 4.78 is 0. The standard InChI is InChI=1S/C14H25N3OS.ClH/c1-4-11(5-2)9-17(6-3)14(18)12-10-19-13(16-12)7-8-15;/h10-11H,4-9,15H2,1-3H3;1H. The third kappa shape index (κ3) is 5.38. The molecule has 1 aromatic heterocycles. The number of carbonyl (C=O) groups is 1. The number of hydrogen-bond acceptors (Lipinski definition) is 4. The summed E-state index contributed by atoms with van der Waals surface area (Å²) >= 11 is 1.52. The van der Waals surface area contributed by atoms with Gasteiger partial charge in [0, 0.05) is 24.9 Å². The van der Waals surface area contributed by atoms with Crippen LogP contribution in [0.1, 0.15) is 49.1 Å². The average Bonchev–Trinajstić information content (AvgIpc) is 2.89. The molecule has 1 aromatic rings. The minimum absolute atomic E-state index is 0. The van der Waals surface area contributed by atoms with Crippen molar-refractivity contribution < 1.29 is 4.79 Å². The van der Waals surface area contributed by atoms with Crippen LogP contribution in [0.5, 0.6) is 0 Å². The Balaban J connectivity index is 0.00000361. The topological polar surface area (TPSA) is 59.2 Å². The lowest BCUT2D eigenvalue weighted by molar-refractivity contribution is 0.0729. The maximum atomic E-state index is 12.4. The van der Waals surface area contributed by atoms with E-state index in [9.17, 15) is 4.79 Å². The normalized spacial score (nSPS) is 10.4. The molecule has 6 heteroatoms. The van der Waals surface area contributed by atoms with Crippen molar-refractivity contribution in [1.82, 2.24) is 9.88 Å². The highest BCUT2D eigenvalue weighted by Crippen LogP contribution is 2.15. The van der Waals surface area contributed by atoms with E-state index in [4.69, 9.17) is 5.73 Å². The van der Waals surface area contributed by atoms with Gasteiger partial charge in [0.15, 0.2) is 0 Å². The molecule has 0 aliphatic rings. The van der Waals surface area contributed by atoms with Crippen LogP contribution in [-0.2, 0) is 6.42 Å². The zero-order chi connectivity index (χ0) is 14.3. The third-order valence-corrected chi connectivity index (χ3v) is 4.34. The van der Waals surface area contributed by atoms with Gasteiger partial charge in [0.25, 0.3) is 5.91 Å². The second-order valence-electron chi connectivity index (χ2n) is 4.69. The van der Waals surface area contributed by atoms with Crippen LogP contribution < -0.4 is 5.73 Å². The second-order valence-corrected chi connectivity index (χ2v) is 5.63. The molecule has 4 nitrogen and oxygen atoms in total. The van der Waals surface area contributed by atoms with Crippen LogP contribution in [0.2, 0.25) is 0 Å². The number of rotatable bonds is 8. The molecule has 1 heterocycles. The minimum Gasteiger partial charge on any atom is -0.337 e. The van der Waals surface area contributed by atoms with Crippen LogP contribution in [-0.4, -0.2) is 35.4 Å². The number of aromatic nitrogens is 1. The first kappa shape index (κ1) is 19.4. The maximum Gasteiger partial charge on any atom is 0.273 e. The lowest BCUT2D eigenvalue weighted by atomic mass is 10.0. The highest BCUT2D eigenvalue weighted by molar-refractivity contribution is 7.09. The molecule has 1 amide bonds. The van der Waals surface area contributed by atoms with Crippen molar-refractivity contribution >= 4 is 29.7 Å². The van der Waals surface area contributed by atoms with Crippen LogP contribution in [0.3, 0.4) is 0 Å². The van der Waals surface area contributed by atoms with Crippen molar-refractivity contribution in [3.63, 3.8) is 0 Å². The van der Waals surface area contributed by atoms with E-state index in [1.165, 1.54) is 11.3 Å². The molecule has 0 atom stereocenters. The average molecular weight is 320 g/mol. The summed E-state index contributed by atoms with van der Waals surface area (Å²) in [4.78, 5) is 18.7. The number of hydrogen-bond donors (Lipinski definition) is 1. The van der Waals surface area contributed by atoms with Gasteiger partial charge in [0.2, 0.25) is 0 Å². The van der Waals surface area contributed by atoms with Crippen molar-refractivity contribution in [2.45, 2.75) is 40.0 Å². The van der Waals surface area contributed by atoms with Crippen molar-refractivity contribution in [2.75, 3.05) is 19.6 Å². The van der Waals surface area contributed by atoms with E-state index in [1.54, 1.807) is 0 Å². The smallest absolute Gasteiger partial charge is 0.273 e. The first-order valence-corrected chi connectivity index (χ1v) is 7.97. The van der Waals surface area contributed by atoms with Crippen molar-refractivity contribution in [2.24, 2.45) is 11.7 Å². The molecule has 0 spiro atoms. The Morgan fingerprint density at radius 1 is 1.40 bits per heavy atom. The van der Waals surface area contributed by atoms with E-state index in [1.807, 2.05) is 17.2 Å². The zero-order valence-electron chi connectivity index (χ0n) is 12.6. The zero-order valence-corrected chi connectivity index (χ0v) is 14.2. The Labute approximate surface area is 132 Å². The van der Waals surface area contributed by atoms with Gasteiger partial charge in [-0.05, 0) is 19.4 Å². The lowest BCUT2D eigenvalue weighted by Gasteiger charge is -2.24. The highest BCUT2D eigenvalue weighted by atomic mass is 35.5. The first-order valence-electron chi connectivity index (χ1n) is 7.09. The molecule has 0 aromatic carbocycles. The van der Waals surface area contributed by atoms with Gasteiger partial charge in [-0.2, -0.15) is 0 Å². The monoisotopic (exact) mass is 319 g/mol. The van der Waals surface area contributed by atoms with Crippen LogP contribution in [0, 0.1) is 5.92 Å². The highest BCUT2D eigenvalue weighted by Gasteiger charge is 2.19. The van der Waals surface area contributed by atoms with Crippen LogP contribution in [0.25, 0.3) is 0 Å². The van der Waals surface area contributed by atoms with Gasteiger partial charge < -0.3 is 10.6 Å². The number of thiazole rings is 1. The van der Waals surface area contributed by atoms with Gasteiger partial charge in [-0.3, -0.25) is 4.79 Å². The van der Waals surface area contributed by atoms with Gasteiger partial charge in [0.1, 0.15) is 5.69 Å². The Morgan fingerprint density at radius 2 is 2.05 bits per heavy atom. The fourth-order valence-electron chi connectivity index (χ4n) is 2.02. The van der Waals surface area contributed by atoms with Gasteiger partial charge in [-0.1, -0.05) is 26.7 Å². The third-order valence-electron chi connectivity index (χ3n) is 3.43. The molecule has 2 N–H and O–H groups in total. The van der Waals surface area contributed by atoms with Gasteiger partial charge >= 0.3 is 0 Å². The molecule has 0 saturated heterocycles. The van der Waals surface area contributed by atoms with Crippen LogP contribution in [0.15, 0.2) is 5.38 Å². The maximum absolute atomic E-state index is 12.4. The summed E-state index contributed by atoms with van der Waals surface area (Å²) in [6, 6.07) is 0. The molecule has 116 valence electrons. The van der Waals surface area contributed by atoms with Crippen molar-refractivity contribution in [1.29, 1.82) is 0 Å². The van der Waals surface area contributed by atoms with E-state index in [2.05, 4.69) is 18.8 Å². The molecule has 0 bridgehead atoms. The molecular formula is C14H26ClN3OS. The molecule has 0 radical (unpaired) electrons. The summed E-state index contributed by atoms with van der Waals surface area (Å²) in [5.74, 6) is 0.625. The second kappa shape index (κ2) is 10.1. The number of carbonyl (C=O) groups excluding carboxylic acids is 1. The molecule has 1 rings (SSSR count). The minimum atomic E-state index is 0. The summed E-state index contributed by atoms with van der Waals surface area (Å²) in [6.07, 6.45) is 2.96. The molecular weight excluding hydrogens is 294 g/mol. The Morgan fingerprint density at radius 3 is 2.55 bits per heavy atom. The van der Waals surface area contributed by atoms with Gasteiger partial charge in [-0.25, -0.2) is 4.98 Å². The summed E-state index contributed by atoms with van der Waals surface area (Å²) in [5, 5.41) is 2.80. The SMILES string of the molecule is CCC(CC)CN(CC)C(=O)c1csc(CCN)n1.Cl. The van der Waals surface area contributed by atoms with Gasteiger partial charge in [0.05, 0.1) is 5.01 Å². The quantitative estimate of drug-likeness (QED) is 0.801. The number of nitrogens with two attached hydrogens (primary N) is 1. The number of nitrogens with zero attached hydrogens (tertiary/aromatic N) is 2. The van der Waals surface area contributed by atoms with Crippen molar-refractivity contribution in [3.05, 3.63) is 16.1 Å². The van der Waals surface area contributed by atoms with Crippen molar-refractivity contribution in [3.8, 4) is 0 Å². The summed E-state index contributed by atoms with van der Waals surface area (Å²) in [5.41, 5.74) is 6.08. The molecule has 20 heavy (non-hydrogen) atoms. The fourth-order valence-corrected chi connectivity index (χ4v) is 2.81. The predicted molar refractivity (Wildman–Crippen MR) is 87.8 cm³/mol. The van der Waals surface area contributed by atoms with Crippen LogP contribution >= 0.6 is 23.7 Å². The first-order chi connectivity index (χ1) is 9.15. The fraction of sp³-hybridized carbons (Fsp3) is 0.714. The van der Waals surface area contributed by atoms with E-state index < -0.39 is 0 Å². The number of amides is 1. The molecule has 0 saturated carbocycles. The van der Waals surface area contributed by atoms with Crippen LogP contribution in [0.4, 0.5) is 0 Å².